The molecule has 0 aliphatic heterocycles. The number of nitro benzene ring substituents is 1. The van der Waals surface area contributed by atoms with Crippen molar-refractivity contribution in [1.82, 2.24) is 0 Å². The van der Waals surface area contributed by atoms with Crippen LogP contribution >= 0.6 is 0 Å². The Hall–Kier alpha value is -2.64. The van der Waals surface area contributed by atoms with Crippen LogP contribution in [-0.4, -0.2) is 28.7 Å². The molecule has 0 radical (unpaired) electrons. The molecule has 20 heavy (non-hydrogen) atoms. The average molecular weight is 282 g/mol. The van der Waals surface area contributed by atoms with Gasteiger partial charge in [0.1, 0.15) is 0 Å². The second kappa shape index (κ2) is 6.50. The summed E-state index contributed by atoms with van der Waals surface area (Å²) in [6.07, 6.45) is -0.810. The van der Waals surface area contributed by atoms with Crippen LogP contribution in [-0.2, 0) is 4.74 Å². The standard InChI is InChI=1S/C12H14N2O6/c1-7(2)6-20-12(17)13-10-4-3-8(14(18)19)5-9(10)11(15)16/h3-5,7H,6H2,1-2H3,(H,13,17)(H,15,16). The van der Waals surface area contributed by atoms with E-state index in [2.05, 4.69) is 5.32 Å². The summed E-state index contributed by atoms with van der Waals surface area (Å²) in [5.41, 5.74) is -0.805. The Morgan fingerprint density at radius 2 is 2.10 bits per heavy atom. The average Bonchev–Trinajstić information content (AvgIpc) is 2.36. The summed E-state index contributed by atoms with van der Waals surface area (Å²) < 4.78 is 4.84. The highest BCUT2D eigenvalue weighted by molar-refractivity contribution is 5.99. The van der Waals surface area contributed by atoms with E-state index in [0.29, 0.717) is 0 Å². The van der Waals surface area contributed by atoms with Crippen LogP contribution in [0.2, 0.25) is 0 Å². The first-order chi connectivity index (χ1) is 9.31. The molecule has 0 aromatic heterocycles. The van der Waals surface area contributed by atoms with Gasteiger partial charge in [-0.15, -0.1) is 0 Å². The summed E-state index contributed by atoms with van der Waals surface area (Å²) in [4.78, 5) is 32.4. The molecule has 0 bridgehead atoms. The van der Waals surface area contributed by atoms with Crippen LogP contribution in [0.3, 0.4) is 0 Å². The minimum Gasteiger partial charge on any atom is -0.478 e. The molecule has 0 heterocycles. The van der Waals surface area contributed by atoms with Crippen molar-refractivity contribution in [3.8, 4) is 0 Å². The van der Waals surface area contributed by atoms with Crippen molar-refractivity contribution >= 4 is 23.4 Å². The normalized spacial score (nSPS) is 10.2. The van der Waals surface area contributed by atoms with Gasteiger partial charge in [-0.3, -0.25) is 15.4 Å². The highest BCUT2D eigenvalue weighted by Gasteiger charge is 2.18. The molecular weight excluding hydrogens is 268 g/mol. The predicted molar refractivity (Wildman–Crippen MR) is 69.9 cm³/mol. The molecule has 0 saturated carbocycles. The van der Waals surface area contributed by atoms with Crippen LogP contribution in [0, 0.1) is 16.0 Å². The second-order valence-electron chi connectivity index (χ2n) is 4.41. The molecule has 8 nitrogen and oxygen atoms in total. The molecule has 1 aromatic rings. The van der Waals surface area contributed by atoms with E-state index >= 15 is 0 Å². The second-order valence-corrected chi connectivity index (χ2v) is 4.41. The molecular formula is C12H14N2O6. The van der Waals surface area contributed by atoms with Gasteiger partial charge in [-0.2, -0.15) is 0 Å². The summed E-state index contributed by atoms with van der Waals surface area (Å²) in [6.45, 7) is 3.88. The quantitative estimate of drug-likeness (QED) is 0.632. The van der Waals surface area contributed by atoms with Crippen LogP contribution in [0.15, 0.2) is 18.2 Å². The molecule has 0 unspecified atom stereocenters. The van der Waals surface area contributed by atoms with Gasteiger partial charge in [-0.05, 0) is 12.0 Å². The number of benzene rings is 1. The van der Waals surface area contributed by atoms with Gasteiger partial charge in [-0.25, -0.2) is 9.59 Å². The fourth-order valence-corrected chi connectivity index (χ4v) is 1.32. The van der Waals surface area contributed by atoms with Crippen LogP contribution in [0.5, 0.6) is 0 Å². The molecule has 0 aliphatic carbocycles. The molecule has 108 valence electrons. The Morgan fingerprint density at radius 3 is 2.60 bits per heavy atom. The highest BCUT2D eigenvalue weighted by Crippen LogP contribution is 2.22. The number of nitro groups is 1. The maximum absolute atomic E-state index is 11.5. The number of aromatic carboxylic acids is 1. The molecule has 0 atom stereocenters. The summed E-state index contributed by atoms with van der Waals surface area (Å²) >= 11 is 0. The van der Waals surface area contributed by atoms with E-state index in [1.54, 1.807) is 0 Å². The van der Waals surface area contributed by atoms with E-state index < -0.39 is 17.0 Å². The lowest BCUT2D eigenvalue weighted by Crippen LogP contribution is -2.18. The number of ether oxygens (including phenoxy) is 1. The van der Waals surface area contributed by atoms with Crippen LogP contribution in [0.1, 0.15) is 24.2 Å². The van der Waals surface area contributed by atoms with Crippen molar-refractivity contribution in [2.45, 2.75) is 13.8 Å². The minimum atomic E-state index is -1.38. The van der Waals surface area contributed by atoms with E-state index in [9.17, 15) is 19.7 Å². The van der Waals surface area contributed by atoms with Crippen LogP contribution in [0.25, 0.3) is 0 Å². The fraction of sp³-hybridized carbons (Fsp3) is 0.333. The van der Waals surface area contributed by atoms with E-state index in [0.717, 1.165) is 18.2 Å². The maximum Gasteiger partial charge on any atom is 0.411 e. The zero-order chi connectivity index (χ0) is 15.3. The first-order valence-electron chi connectivity index (χ1n) is 5.76. The monoisotopic (exact) mass is 282 g/mol. The highest BCUT2D eigenvalue weighted by atomic mass is 16.6. The van der Waals surface area contributed by atoms with Gasteiger partial charge in [0.25, 0.3) is 5.69 Å². The van der Waals surface area contributed by atoms with Gasteiger partial charge in [0.2, 0.25) is 0 Å². The van der Waals surface area contributed by atoms with Crippen molar-refractivity contribution in [2.75, 3.05) is 11.9 Å². The summed E-state index contributed by atoms with van der Waals surface area (Å²) in [6, 6.07) is 3.13. The number of carbonyl (C=O) groups excluding carboxylic acids is 1. The maximum atomic E-state index is 11.5. The SMILES string of the molecule is CC(C)COC(=O)Nc1ccc([N+](=O)[O-])cc1C(=O)O. The predicted octanol–water partition coefficient (Wildman–Crippen LogP) is 2.50. The van der Waals surface area contributed by atoms with Gasteiger partial charge in [-0.1, -0.05) is 13.8 Å². The lowest BCUT2D eigenvalue weighted by molar-refractivity contribution is -0.384. The molecule has 8 heteroatoms. The van der Waals surface area contributed by atoms with Crippen molar-refractivity contribution in [1.29, 1.82) is 0 Å². The van der Waals surface area contributed by atoms with Crippen molar-refractivity contribution in [3.05, 3.63) is 33.9 Å². The van der Waals surface area contributed by atoms with E-state index in [1.165, 1.54) is 0 Å². The number of rotatable bonds is 5. The molecule has 0 spiro atoms. The molecule has 1 amide bonds. The number of hydrogen-bond donors (Lipinski definition) is 2. The molecule has 2 N–H and O–H groups in total. The van der Waals surface area contributed by atoms with Crippen LogP contribution < -0.4 is 5.32 Å². The fourth-order valence-electron chi connectivity index (χ4n) is 1.32. The number of amides is 1. The number of anilines is 1. The van der Waals surface area contributed by atoms with Gasteiger partial charge in [0.15, 0.2) is 0 Å². The Labute approximate surface area is 114 Å². The summed E-state index contributed by atoms with van der Waals surface area (Å²) in [5.74, 6) is -1.25. The number of carbonyl (C=O) groups is 2. The van der Waals surface area contributed by atoms with Gasteiger partial charge in [0.05, 0.1) is 22.8 Å². The lowest BCUT2D eigenvalue weighted by atomic mass is 10.1. The van der Waals surface area contributed by atoms with Crippen molar-refractivity contribution in [3.63, 3.8) is 0 Å². The number of hydrogen-bond acceptors (Lipinski definition) is 5. The number of nitrogens with zero attached hydrogens (tertiary/aromatic N) is 1. The van der Waals surface area contributed by atoms with E-state index in [1.807, 2.05) is 13.8 Å². The third-order valence-electron chi connectivity index (χ3n) is 2.23. The minimum absolute atomic E-state index is 0.0585. The number of carboxylic acids is 1. The Kier molecular flexibility index (Phi) is 5.01. The molecule has 0 fully saturated rings. The van der Waals surface area contributed by atoms with Crippen molar-refractivity contribution in [2.24, 2.45) is 5.92 Å². The van der Waals surface area contributed by atoms with Crippen LogP contribution in [0.4, 0.5) is 16.2 Å². The topological polar surface area (TPSA) is 119 Å². The molecule has 0 aliphatic rings. The van der Waals surface area contributed by atoms with Crippen molar-refractivity contribution < 1.29 is 24.4 Å². The van der Waals surface area contributed by atoms with Gasteiger partial charge >= 0.3 is 12.1 Å². The van der Waals surface area contributed by atoms with E-state index in [4.69, 9.17) is 9.84 Å². The number of non-ortho nitro benzene ring substituents is 1. The Balaban J connectivity index is 2.92. The lowest BCUT2D eigenvalue weighted by Gasteiger charge is -2.10. The first kappa shape index (κ1) is 15.4. The zero-order valence-electron chi connectivity index (χ0n) is 11.0. The smallest absolute Gasteiger partial charge is 0.411 e. The van der Waals surface area contributed by atoms with E-state index in [-0.39, 0.29) is 29.5 Å². The summed E-state index contributed by atoms with van der Waals surface area (Å²) in [5, 5.41) is 21.8. The Morgan fingerprint density at radius 1 is 1.45 bits per heavy atom. The first-order valence-corrected chi connectivity index (χ1v) is 5.76. The largest absolute Gasteiger partial charge is 0.478 e. The van der Waals surface area contributed by atoms with Gasteiger partial charge < -0.3 is 9.84 Å². The molecule has 0 saturated heterocycles. The third-order valence-corrected chi connectivity index (χ3v) is 2.23. The summed E-state index contributed by atoms with van der Waals surface area (Å²) in [7, 11) is 0. The molecule has 1 aromatic carbocycles. The third kappa shape index (κ3) is 4.23. The zero-order valence-corrected chi connectivity index (χ0v) is 11.0. The number of nitrogens with one attached hydrogen (secondary N) is 1. The van der Waals surface area contributed by atoms with Gasteiger partial charge in [0, 0.05) is 12.1 Å². The molecule has 1 rings (SSSR count). The number of carboxylic acid groups (broad SMARTS) is 1. The Bertz CT molecular complexity index is 541.